The average molecular weight is 525 g/mol. The van der Waals surface area contributed by atoms with Crippen molar-refractivity contribution in [3.05, 3.63) is 71.3 Å². The van der Waals surface area contributed by atoms with Crippen molar-refractivity contribution in [1.82, 2.24) is 9.88 Å². The van der Waals surface area contributed by atoms with Gasteiger partial charge in [0.2, 0.25) is 0 Å². The molecule has 5 nitrogen and oxygen atoms in total. The first kappa shape index (κ1) is 26.4. The Morgan fingerprint density at radius 3 is 2.39 bits per heavy atom. The lowest BCUT2D eigenvalue weighted by atomic mass is 10.00. The van der Waals surface area contributed by atoms with E-state index < -0.39 is 11.6 Å². The van der Waals surface area contributed by atoms with Crippen LogP contribution in [0.25, 0.3) is 11.1 Å². The molecule has 1 saturated heterocycles. The van der Waals surface area contributed by atoms with Crippen molar-refractivity contribution < 1.29 is 17.9 Å². The van der Waals surface area contributed by atoms with Crippen LogP contribution in [0.4, 0.5) is 24.5 Å². The van der Waals surface area contributed by atoms with Gasteiger partial charge < -0.3 is 19.4 Å². The van der Waals surface area contributed by atoms with Gasteiger partial charge in [0.15, 0.2) is 11.6 Å². The summed E-state index contributed by atoms with van der Waals surface area (Å²) >= 11 is 0. The second-order valence-electron chi connectivity index (χ2n) is 10.7. The summed E-state index contributed by atoms with van der Waals surface area (Å²) in [5.41, 5.74) is 3.23. The zero-order valence-electron chi connectivity index (χ0n) is 22.5. The van der Waals surface area contributed by atoms with Crippen LogP contribution in [0.5, 0.6) is 5.75 Å². The summed E-state index contributed by atoms with van der Waals surface area (Å²) in [4.78, 5) is 10.6. The third-order valence-corrected chi connectivity index (χ3v) is 7.69. The number of hydrogen-bond acceptors (Lipinski definition) is 5. The smallest absolute Gasteiger partial charge is 0.178 e. The fourth-order valence-electron chi connectivity index (χ4n) is 5.54. The first-order valence-electron chi connectivity index (χ1n) is 13.3. The van der Waals surface area contributed by atoms with Gasteiger partial charge in [0.25, 0.3) is 0 Å². The molecule has 2 aromatic carbocycles. The molecule has 8 heteroatoms. The number of pyridine rings is 1. The number of piperidine rings is 1. The second-order valence-corrected chi connectivity index (χ2v) is 10.7. The molecule has 0 saturated carbocycles. The molecule has 202 valence electrons. The molecule has 3 aromatic rings. The topological polar surface area (TPSA) is 31.8 Å². The minimum Gasteiger partial charge on any atom is -0.486 e. The molecule has 2 aliphatic rings. The number of hydrogen-bond donors (Lipinski definition) is 0. The van der Waals surface area contributed by atoms with Crippen molar-refractivity contribution in [2.75, 3.05) is 50.1 Å². The number of ether oxygens (including phenoxy) is 1. The van der Waals surface area contributed by atoms with E-state index in [0.717, 1.165) is 37.7 Å². The van der Waals surface area contributed by atoms with Crippen molar-refractivity contribution in [3.63, 3.8) is 0 Å². The molecule has 0 amide bonds. The lowest BCUT2D eigenvalue weighted by Crippen LogP contribution is -2.42. The summed E-state index contributed by atoms with van der Waals surface area (Å²) in [6.07, 6.45) is 3.49. The molecule has 38 heavy (non-hydrogen) atoms. The fraction of sp³-hybridized carbons (Fsp3) is 0.433. The van der Waals surface area contributed by atoms with Crippen LogP contribution >= 0.6 is 0 Å². The first-order chi connectivity index (χ1) is 18.2. The van der Waals surface area contributed by atoms with Gasteiger partial charge >= 0.3 is 0 Å². The van der Waals surface area contributed by atoms with Crippen LogP contribution < -0.4 is 14.5 Å². The van der Waals surface area contributed by atoms with E-state index in [1.807, 2.05) is 26.0 Å². The monoisotopic (exact) mass is 524 g/mol. The van der Waals surface area contributed by atoms with E-state index in [-0.39, 0.29) is 23.2 Å². The number of anilines is 2. The predicted molar refractivity (Wildman–Crippen MR) is 146 cm³/mol. The van der Waals surface area contributed by atoms with E-state index in [0.29, 0.717) is 48.2 Å². The van der Waals surface area contributed by atoms with E-state index in [1.54, 1.807) is 12.1 Å². The molecule has 5 rings (SSSR count). The van der Waals surface area contributed by atoms with Gasteiger partial charge in [0, 0.05) is 42.9 Å². The Kier molecular flexibility index (Phi) is 7.52. The van der Waals surface area contributed by atoms with Gasteiger partial charge in [-0.2, -0.15) is 0 Å². The average Bonchev–Trinajstić information content (AvgIpc) is 2.89. The molecule has 0 atom stereocenters. The van der Waals surface area contributed by atoms with Gasteiger partial charge in [-0.1, -0.05) is 6.07 Å². The van der Waals surface area contributed by atoms with Gasteiger partial charge in [0.1, 0.15) is 18.2 Å². The van der Waals surface area contributed by atoms with E-state index in [1.165, 1.54) is 12.1 Å². The molecule has 0 aliphatic carbocycles. The summed E-state index contributed by atoms with van der Waals surface area (Å²) in [6.45, 7) is 6.73. The molecule has 0 spiro atoms. The maximum atomic E-state index is 15.1. The molecule has 2 aliphatic heterocycles. The van der Waals surface area contributed by atoms with Crippen molar-refractivity contribution >= 4 is 11.4 Å². The summed E-state index contributed by atoms with van der Waals surface area (Å²) in [7, 11) is 4.17. The second kappa shape index (κ2) is 10.8. The number of nitrogens with zero attached hydrogens (tertiary/aromatic N) is 4. The van der Waals surface area contributed by atoms with E-state index in [4.69, 9.17) is 4.74 Å². The molecule has 3 heterocycles. The maximum Gasteiger partial charge on any atom is 0.178 e. The molecule has 0 unspecified atom stereocenters. The molecule has 0 radical (unpaired) electrons. The van der Waals surface area contributed by atoms with Crippen LogP contribution in [0.3, 0.4) is 0 Å². The number of benzene rings is 2. The highest BCUT2D eigenvalue weighted by molar-refractivity contribution is 5.74. The van der Waals surface area contributed by atoms with E-state index in [2.05, 4.69) is 33.8 Å². The van der Waals surface area contributed by atoms with Crippen LogP contribution in [0.2, 0.25) is 0 Å². The number of aromatic nitrogens is 1. The summed E-state index contributed by atoms with van der Waals surface area (Å²) in [5, 5.41) is 0. The Balaban J connectivity index is 1.38. The quantitative estimate of drug-likeness (QED) is 0.401. The summed E-state index contributed by atoms with van der Waals surface area (Å²) in [5.74, 6) is -1.12. The van der Waals surface area contributed by atoms with Crippen molar-refractivity contribution in [2.45, 2.75) is 45.2 Å². The van der Waals surface area contributed by atoms with E-state index in [9.17, 15) is 8.78 Å². The maximum absolute atomic E-state index is 15.1. The normalized spacial score (nSPS) is 16.2. The van der Waals surface area contributed by atoms with Crippen LogP contribution in [0.1, 0.15) is 37.9 Å². The zero-order valence-corrected chi connectivity index (χ0v) is 22.5. The molecular weight excluding hydrogens is 489 g/mol. The minimum absolute atomic E-state index is 0.141. The Hall–Kier alpha value is -3.26. The van der Waals surface area contributed by atoms with Gasteiger partial charge in [-0.25, -0.2) is 13.2 Å². The third-order valence-electron chi connectivity index (χ3n) is 7.69. The fourth-order valence-corrected chi connectivity index (χ4v) is 5.54. The van der Waals surface area contributed by atoms with Crippen molar-refractivity contribution in [1.29, 1.82) is 0 Å². The standard InChI is InChI=1S/C30H35F3N4O/c1-19(2)37-11-12-38-30-26(32)15-21(16-29(30)37)24-17-22(34-18-27(24)33)13-20-5-6-28(25(31)14-20)36-9-7-23(8-10-36)35(3)4/h5-6,14-19,23H,7-13H2,1-4H3. The summed E-state index contributed by atoms with van der Waals surface area (Å²) < 4.78 is 50.6. The van der Waals surface area contributed by atoms with Crippen molar-refractivity contribution in [3.8, 4) is 16.9 Å². The largest absolute Gasteiger partial charge is 0.486 e. The van der Waals surface area contributed by atoms with E-state index >= 15 is 4.39 Å². The Bertz CT molecular complexity index is 1300. The lowest BCUT2D eigenvalue weighted by molar-refractivity contribution is 0.249. The highest BCUT2D eigenvalue weighted by Gasteiger charge is 2.26. The molecule has 1 aromatic heterocycles. The molecule has 1 fully saturated rings. The molecular formula is C30H35F3N4O. The van der Waals surface area contributed by atoms with Gasteiger partial charge in [0.05, 0.1) is 24.1 Å². The highest BCUT2D eigenvalue weighted by atomic mass is 19.1. The Labute approximate surface area is 222 Å². The van der Waals surface area contributed by atoms with Crippen molar-refractivity contribution in [2.24, 2.45) is 0 Å². The Morgan fingerprint density at radius 1 is 0.947 bits per heavy atom. The Morgan fingerprint density at radius 2 is 1.71 bits per heavy atom. The predicted octanol–water partition coefficient (Wildman–Crippen LogP) is 5.89. The lowest BCUT2D eigenvalue weighted by Gasteiger charge is -2.36. The molecule has 0 bridgehead atoms. The molecule has 0 N–H and O–H groups in total. The third kappa shape index (κ3) is 5.32. The van der Waals surface area contributed by atoms with Crippen LogP contribution in [-0.2, 0) is 6.42 Å². The number of rotatable bonds is 6. The van der Waals surface area contributed by atoms with Crippen LogP contribution in [-0.4, -0.2) is 62.3 Å². The van der Waals surface area contributed by atoms with Gasteiger partial charge in [-0.05, 0) is 82.2 Å². The number of fused-ring (bicyclic) bond motifs is 1. The SMILES string of the molecule is CC(C)N1CCOc2c(F)cc(-c3cc(Cc4ccc(N5CCC(N(C)C)CC5)c(F)c4)ncc3F)cc21. The highest BCUT2D eigenvalue weighted by Crippen LogP contribution is 2.40. The van der Waals surface area contributed by atoms with Crippen LogP contribution in [0.15, 0.2) is 42.6 Å². The van der Waals surface area contributed by atoms with Crippen LogP contribution in [0, 0.1) is 17.5 Å². The van der Waals surface area contributed by atoms with Gasteiger partial charge in [-0.15, -0.1) is 0 Å². The number of halogens is 3. The summed E-state index contributed by atoms with van der Waals surface area (Å²) in [6, 6.07) is 10.6. The minimum atomic E-state index is -0.538. The first-order valence-corrected chi connectivity index (χ1v) is 13.3. The van der Waals surface area contributed by atoms with Gasteiger partial charge in [-0.3, -0.25) is 4.98 Å². The zero-order chi connectivity index (χ0) is 27.0.